The molecule has 1 atom stereocenters. The molecular weight excluding hydrogens is 276 g/mol. The zero-order valence-corrected chi connectivity index (χ0v) is 12.8. The van der Waals surface area contributed by atoms with Crippen molar-refractivity contribution in [1.82, 2.24) is 5.32 Å². The van der Waals surface area contributed by atoms with E-state index in [-0.39, 0.29) is 12.0 Å². The second-order valence-electron chi connectivity index (χ2n) is 4.25. The van der Waals surface area contributed by atoms with Crippen LogP contribution in [0.4, 0.5) is 5.69 Å². The van der Waals surface area contributed by atoms with Gasteiger partial charge in [0.1, 0.15) is 0 Å². The number of anilines is 1. The minimum atomic E-state index is -0.325. The summed E-state index contributed by atoms with van der Waals surface area (Å²) in [7, 11) is 1.64. The first-order chi connectivity index (χ1) is 9.56. The van der Waals surface area contributed by atoms with Crippen molar-refractivity contribution in [3.05, 3.63) is 29.8 Å². The number of esters is 1. The Morgan fingerprint density at radius 2 is 2.00 bits per heavy atom. The predicted octanol–water partition coefficient (Wildman–Crippen LogP) is 2.18. The minimum Gasteiger partial charge on any atom is -0.462 e. The van der Waals surface area contributed by atoms with Crippen LogP contribution in [0.2, 0.25) is 0 Å². The number of hydrogen-bond acceptors (Lipinski definition) is 4. The van der Waals surface area contributed by atoms with E-state index in [4.69, 9.17) is 21.7 Å². The first kappa shape index (κ1) is 16.4. The lowest BCUT2D eigenvalue weighted by molar-refractivity contribution is 0.0526. The Kier molecular flexibility index (Phi) is 6.97. The van der Waals surface area contributed by atoms with E-state index >= 15 is 0 Å². The number of carbonyl (C=O) groups is 1. The summed E-state index contributed by atoms with van der Waals surface area (Å²) in [6.45, 7) is 4.69. The standard InChI is InChI=1S/C14H20N2O3S/c1-4-19-13(17)11-5-7-12(8-6-11)16-14(20)15-10(2)9-18-3/h5-8,10H,4,9H2,1-3H3,(H2,15,16,20). The van der Waals surface area contributed by atoms with Crippen LogP contribution in [0.3, 0.4) is 0 Å². The highest BCUT2D eigenvalue weighted by atomic mass is 32.1. The quantitative estimate of drug-likeness (QED) is 0.620. The zero-order chi connectivity index (χ0) is 15.0. The van der Waals surface area contributed by atoms with Gasteiger partial charge in [-0.1, -0.05) is 0 Å². The maximum Gasteiger partial charge on any atom is 0.338 e. The molecule has 0 aliphatic heterocycles. The largest absolute Gasteiger partial charge is 0.462 e. The normalized spacial score (nSPS) is 11.6. The summed E-state index contributed by atoms with van der Waals surface area (Å²) in [5.74, 6) is -0.325. The van der Waals surface area contributed by atoms with Crippen LogP contribution < -0.4 is 10.6 Å². The highest BCUT2D eigenvalue weighted by Gasteiger charge is 2.07. The fraction of sp³-hybridized carbons (Fsp3) is 0.429. The number of ether oxygens (including phenoxy) is 2. The highest BCUT2D eigenvalue weighted by molar-refractivity contribution is 7.80. The van der Waals surface area contributed by atoms with Gasteiger partial charge >= 0.3 is 5.97 Å². The van der Waals surface area contributed by atoms with Gasteiger partial charge in [-0.2, -0.15) is 0 Å². The summed E-state index contributed by atoms with van der Waals surface area (Å²) in [6.07, 6.45) is 0. The van der Waals surface area contributed by atoms with E-state index in [1.165, 1.54) is 0 Å². The molecule has 0 fully saturated rings. The minimum absolute atomic E-state index is 0.124. The summed E-state index contributed by atoms with van der Waals surface area (Å²) in [6, 6.07) is 7.07. The highest BCUT2D eigenvalue weighted by Crippen LogP contribution is 2.10. The van der Waals surface area contributed by atoms with E-state index in [2.05, 4.69) is 10.6 Å². The van der Waals surface area contributed by atoms with Gasteiger partial charge in [0.05, 0.1) is 18.8 Å². The third kappa shape index (κ3) is 5.54. The molecule has 20 heavy (non-hydrogen) atoms. The SMILES string of the molecule is CCOC(=O)c1ccc(NC(=S)NC(C)COC)cc1. The molecular formula is C14H20N2O3S. The van der Waals surface area contributed by atoms with Crippen LogP contribution in [0, 0.1) is 0 Å². The van der Waals surface area contributed by atoms with Crippen LogP contribution in [0.25, 0.3) is 0 Å². The number of methoxy groups -OCH3 is 1. The molecule has 0 saturated heterocycles. The molecule has 0 bridgehead atoms. The molecule has 110 valence electrons. The van der Waals surface area contributed by atoms with Crippen LogP contribution in [-0.2, 0) is 9.47 Å². The maximum atomic E-state index is 11.5. The Morgan fingerprint density at radius 1 is 1.35 bits per heavy atom. The van der Waals surface area contributed by atoms with E-state index in [0.717, 1.165) is 5.69 Å². The van der Waals surface area contributed by atoms with Crippen LogP contribution in [0.1, 0.15) is 24.2 Å². The number of hydrogen-bond donors (Lipinski definition) is 2. The first-order valence-electron chi connectivity index (χ1n) is 6.40. The van der Waals surface area contributed by atoms with Crippen molar-refractivity contribution in [2.45, 2.75) is 19.9 Å². The molecule has 1 rings (SSSR count). The summed E-state index contributed by atoms with van der Waals surface area (Å²) >= 11 is 5.18. The smallest absolute Gasteiger partial charge is 0.338 e. The number of carbonyl (C=O) groups excluding carboxylic acids is 1. The molecule has 2 N–H and O–H groups in total. The molecule has 0 spiro atoms. The Labute approximate surface area is 124 Å². The van der Waals surface area contributed by atoms with Crippen molar-refractivity contribution in [2.24, 2.45) is 0 Å². The molecule has 0 radical (unpaired) electrons. The van der Waals surface area contributed by atoms with Crippen molar-refractivity contribution in [3.8, 4) is 0 Å². The lowest BCUT2D eigenvalue weighted by Crippen LogP contribution is -2.38. The Morgan fingerprint density at radius 3 is 2.55 bits per heavy atom. The molecule has 0 aliphatic rings. The molecule has 0 amide bonds. The fourth-order valence-corrected chi connectivity index (χ4v) is 1.91. The summed E-state index contributed by atoms with van der Waals surface area (Å²) < 4.78 is 9.94. The summed E-state index contributed by atoms with van der Waals surface area (Å²) in [5.41, 5.74) is 1.32. The molecule has 0 aromatic heterocycles. The van der Waals surface area contributed by atoms with Crippen molar-refractivity contribution in [3.63, 3.8) is 0 Å². The molecule has 6 heteroatoms. The monoisotopic (exact) mass is 296 g/mol. The fourth-order valence-electron chi connectivity index (χ4n) is 1.59. The van der Waals surface area contributed by atoms with Crippen molar-refractivity contribution in [2.75, 3.05) is 25.6 Å². The van der Waals surface area contributed by atoms with Crippen LogP contribution in [-0.4, -0.2) is 37.4 Å². The second-order valence-corrected chi connectivity index (χ2v) is 4.66. The van der Waals surface area contributed by atoms with Gasteiger partial charge in [0, 0.05) is 18.8 Å². The third-order valence-corrected chi connectivity index (χ3v) is 2.67. The van der Waals surface area contributed by atoms with Gasteiger partial charge in [-0.3, -0.25) is 0 Å². The van der Waals surface area contributed by atoms with Crippen molar-refractivity contribution < 1.29 is 14.3 Å². The van der Waals surface area contributed by atoms with Gasteiger partial charge in [-0.25, -0.2) is 4.79 Å². The Hall–Kier alpha value is -1.66. The summed E-state index contributed by atoms with van der Waals surface area (Å²) in [5, 5.41) is 6.65. The number of thiocarbonyl (C=S) groups is 1. The van der Waals surface area contributed by atoms with Gasteiger partial charge in [0.25, 0.3) is 0 Å². The molecule has 0 aliphatic carbocycles. The lowest BCUT2D eigenvalue weighted by Gasteiger charge is -2.16. The third-order valence-electron chi connectivity index (χ3n) is 2.45. The molecule has 1 aromatic carbocycles. The average molecular weight is 296 g/mol. The topological polar surface area (TPSA) is 59.6 Å². The van der Waals surface area contributed by atoms with E-state index in [9.17, 15) is 4.79 Å². The van der Waals surface area contributed by atoms with Gasteiger partial charge in [0.2, 0.25) is 0 Å². The average Bonchev–Trinajstić information content (AvgIpc) is 2.39. The van der Waals surface area contributed by atoms with Crippen LogP contribution in [0.5, 0.6) is 0 Å². The number of rotatable bonds is 6. The Bertz CT molecular complexity index is 448. The zero-order valence-electron chi connectivity index (χ0n) is 11.9. The summed E-state index contributed by atoms with van der Waals surface area (Å²) in [4.78, 5) is 11.5. The van der Waals surface area contributed by atoms with E-state index in [0.29, 0.717) is 23.9 Å². The van der Waals surface area contributed by atoms with E-state index < -0.39 is 0 Å². The predicted molar refractivity (Wildman–Crippen MR) is 83.1 cm³/mol. The van der Waals surface area contributed by atoms with Crippen LogP contribution >= 0.6 is 12.2 Å². The van der Waals surface area contributed by atoms with Gasteiger partial charge in [0.15, 0.2) is 5.11 Å². The van der Waals surface area contributed by atoms with Gasteiger partial charge < -0.3 is 20.1 Å². The molecule has 5 nitrogen and oxygen atoms in total. The van der Waals surface area contributed by atoms with E-state index in [1.807, 2.05) is 6.92 Å². The molecule has 0 saturated carbocycles. The maximum absolute atomic E-state index is 11.5. The molecule has 1 unspecified atom stereocenters. The molecule has 1 aromatic rings. The van der Waals surface area contributed by atoms with Crippen molar-refractivity contribution >= 4 is 29.0 Å². The van der Waals surface area contributed by atoms with Gasteiger partial charge in [-0.15, -0.1) is 0 Å². The second kappa shape index (κ2) is 8.50. The first-order valence-corrected chi connectivity index (χ1v) is 6.81. The lowest BCUT2D eigenvalue weighted by atomic mass is 10.2. The number of benzene rings is 1. The number of nitrogens with one attached hydrogen (secondary N) is 2. The van der Waals surface area contributed by atoms with Crippen LogP contribution in [0.15, 0.2) is 24.3 Å². The van der Waals surface area contributed by atoms with Gasteiger partial charge in [-0.05, 0) is 50.3 Å². The van der Waals surface area contributed by atoms with Crippen molar-refractivity contribution in [1.29, 1.82) is 0 Å². The molecule has 0 heterocycles. The Balaban J connectivity index is 2.52. The van der Waals surface area contributed by atoms with E-state index in [1.54, 1.807) is 38.3 Å².